The molecule has 1 aliphatic rings. The van der Waals surface area contributed by atoms with Gasteiger partial charge in [-0.15, -0.1) is 0 Å². The molecule has 1 aromatic carbocycles. The zero-order valence-electron chi connectivity index (χ0n) is 25.3. The number of hydrogen-bond acceptors (Lipinski definition) is 9. The van der Waals surface area contributed by atoms with Crippen LogP contribution in [0.2, 0.25) is 0 Å². The van der Waals surface area contributed by atoms with Crippen LogP contribution in [0.15, 0.2) is 53.7 Å². The van der Waals surface area contributed by atoms with Gasteiger partial charge in [0.15, 0.2) is 0 Å². The number of piperidine rings is 1. The first-order valence-electron chi connectivity index (χ1n) is 14.1. The first kappa shape index (κ1) is 29.6. The van der Waals surface area contributed by atoms with Crippen LogP contribution < -0.4 is 20.8 Å². The van der Waals surface area contributed by atoms with E-state index in [9.17, 15) is 9.59 Å². The van der Waals surface area contributed by atoms with Crippen LogP contribution in [0, 0.1) is 6.92 Å². The molecule has 1 fully saturated rings. The number of aryl methyl sites for hydroxylation is 1. The van der Waals surface area contributed by atoms with E-state index in [1.807, 2.05) is 37.7 Å². The van der Waals surface area contributed by atoms with E-state index in [0.29, 0.717) is 47.1 Å². The van der Waals surface area contributed by atoms with Crippen LogP contribution in [0.25, 0.3) is 28.1 Å². The molecule has 0 bridgehead atoms. The summed E-state index contributed by atoms with van der Waals surface area (Å²) in [7, 11) is 3.09. The van der Waals surface area contributed by atoms with Crippen LogP contribution in [-0.2, 0) is 4.74 Å². The summed E-state index contributed by atoms with van der Waals surface area (Å²) in [6.45, 7) is 8.53. The smallest absolute Gasteiger partial charge is 0.410 e. The first-order valence-corrected chi connectivity index (χ1v) is 14.1. The van der Waals surface area contributed by atoms with Gasteiger partial charge in [0.05, 0.1) is 37.8 Å². The first-order chi connectivity index (χ1) is 20.5. The average molecular weight is 588 g/mol. The van der Waals surface area contributed by atoms with E-state index < -0.39 is 5.60 Å². The molecule has 4 heterocycles. The highest BCUT2D eigenvalue weighted by molar-refractivity contribution is 5.77. The van der Waals surface area contributed by atoms with Crippen molar-refractivity contribution in [3.05, 3.63) is 64.8 Å². The summed E-state index contributed by atoms with van der Waals surface area (Å²) in [4.78, 5) is 31.8. The molecule has 0 radical (unpaired) electrons. The third-order valence-electron chi connectivity index (χ3n) is 7.29. The monoisotopic (exact) mass is 587 g/mol. The molecule has 5 rings (SSSR count). The Kier molecular flexibility index (Phi) is 8.12. The van der Waals surface area contributed by atoms with Gasteiger partial charge in [-0.3, -0.25) is 9.48 Å². The summed E-state index contributed by atoms with van der Waals surface area (Å²) in [6, 6.07) is 8.91. The number of rotatable bonds is 6. The van der Waals surface area contributed by atoms with Crippen molar-refractivity contribution in [2.75, 3.05) is 33.0 Å². The molecule has 1 amide bonds. The average Bonchev–Trinajstić information content (AvgIpc) is 3.48. The summed E-state index contributed by atoms with van der Waals surface area (Å²) in [5, 5.41) is 9.27. The highest BCUT2D eigenvalue weighted by Crippen LogP contribution is 2.31. The SMILES string of the molecule is COc1cc(OC)cc(-n2nc(-c3cc(-c4cnn(C5CCN(C(=O)OC(C)(C)C)CC5)c4)cnc3N)cc(C)c2=O)c1. The number of amides is 1. The lowest BCUT2D eigenvalue weighted by Gasteiger charge is -2.33. The van der Waals surface area contributed by atoms with E-state index in [4.69, 9.17) is 19.9 Å². The number of ether oxygens (including phenoxy) is 3. The number of nitrogen functional groups attached to an aromatic ring is 1. The molecular formula is C31H37N7O5. The van der Waals surface area contributed by atoms with Crippen molar-refractivity contribution in [1.82, 2.24) is 29.4 Å². The molecule has 0 saturated carbocycles. The fraction of sp³-hybridized carbons (Fsp3) is 0.387. The maximum atomic E-state index is 13.1. The Hall–Kier alpha value is -4.87. The summed E-state index contributed by atoms with van der Waals surface area (Å²) >= 11 is 0. The van der Waals surface area contributed by atoms with Crippen LogP contribution in [0.4, 0.5) is 10.6 Å². The van der Waals surface area contributed by atoms with Crippen LogP contribution in [-0.4, -0.2) is 68.4 Å². The van der Waals surface area contributed by atoms with E-state index in [1.165, 1.54) is 4.68 Å². The minimum Gasteiger partial charge on any atom is -0.497 e. The van der Waals surface area contributed by atoms with E-state index in [-0.39, 0.29) is 23.5 Å². The number of nitrogens with two attached hydrogens (primary N) is 1. The minimum absolute atomic E-state index is 0.154. The van der Waals surface area contributed by atoms with E-state index in [2.05, 4.69) is 15.2 Å². The molecule has 43 heavy (non-hydrogen) atoms. The molecule has 0 atom stereocenters. The molecule has 12 nitrogen and oxygen atoms in total. The second-order valence-corrected chi connectivity index (χ2v) is 11.6. The number of anilines is 1. The van der Waals surface area contributed by atoms with E-state index >= 15 is 0 Å². The molecule has 226 valence electrons. The topological polar surface area (TPSA) is 140 Å². The molecule has 1 saturated heterocycles. The number of hydrogen-bond donors (Lipinski definition) is 1. The quantitative estimate of drug-likeness (QED) is 0.342. The van der Waals surface area contributed by atoms with Crippen molar-refractivity contribution in [1.29, 1.82) is 0 Å². The zero-order valence-corrected chi connectivity index (χ0v) is 25.3. The predicted molar refractivity (Wildman–Crippen MR) is 163 cm³/mol. The van der Waals surface area contributed by atoms with Gasteiger partial charge in [-0.1, -0.05) is 0 Å². The molecule has 2 N–H and O–H groups in total. The third kappa shape index (κ3) is 6.47. The molecule has 0 aliphatic carbocycles. The van der Waals surface area contributed by atoms with Crippen LogP contribution in [0.1, 0.15) is 45.2 Å². The lowest BCUT2D eigenvalue weighted by Crippen LogP contribution is -2.42. The Morgan fingerprint density at radius 3 is 2.28 bits per heavy atom. The van der Waals surface area contributed by atoms with Crippen LogP contribution in [0.3, 0.4) is 0 Å². The van der Waals surface area contributed by atoms with Crippen LogP contribution in [0.5, 0.6) is 11.5 Å². The molecule has 0 unspecified atom stereocenters. The van der Waals surface area contributed by atoms with Crippen molar-refractivity contribution in [2.45, 2.75) is 52.2 Å². The maximum absolute atomic E-state index is 13.1. The minimum atomic E-state index is -0.523. The Labute approximate surface area is 250 Å². The van der Waals surface area contributed by atoms with Crippen molar-refractivity contribution >= 4 is 11.9 Å². The number of methoxy groups -OCH3 is 2. The number of aromatic nitrogens is 5. The highest BCUT2D eigenvalue weighted by Gasteiger charge is 2.28. The van der Waals surface area contributed by atoms with Gasteiger partial charge in [0.25, 0.3) is 5.56 Å². The third-order valence-corrected chi connectivity index (χ3v) is 7.29. The zero-order chi connectivity index (χ0) is 30.9. The fourth-order valence-electron chi connectivity index (χ4n) is 5.00. The largest absolute Gasteiger partial charge is 0.497 e. The van der Waals surface area contributed by atoms with Crippen molar-refractivity contribution in [2.24, 2.45) is 0 Å². The van der Waals surface area contributed by atoms with Crippen molar-refractivity contribution < 1.29 is 19.0 Å². The van der Waals surface area contributed by atoms with Crippen molar-refractivity contribution in [3.63, 3.8) is 0 Å². The van der Waals surface area contributed by atoms with Gasteiger partial charge in [0.2, 0.25) is 0 Å². The normalized spacial score (nSPS) is 14.0. The lowest BCUT2D eigenvalue weighted by molar-refractivity contribution is 0.0185. The standard InChI is InChI=1S/C31H37N7O5/c1-19-11-27(35-38(29(19)39)23-13-24(41-5)15-25(14-23)42-6)26-12-20(16-33-28(26)32)21-17-34-37(18-21)22-7-9-36(10-8-22)30(40)43-31(2,3)4/h11-18,22H,7-10H2,1-6H3,(H2,32,33). The van der Waals surface area contributed by atoms with Crippen LogP contribution >= 0.6 is 0 Å². The second kappa shape index (κ2) is 11.8. The van der Waals surface area contributed by atoms with Gasteiger partial charge in [-0.25, -0.2) is 9.78 Å². The number of likely N-dealkylation sites (tertiary alicyclic amines) is 1. The molecule has 4 aromatic rings. The Morgan fingerprint density at radius 1 is 0.977 bits per heavy atom. The van der Waals surface area contributed by atoms with Crippen molar-refractivity contribution in [3.8, 4) is 39.6 Å². The van der Waals surface area contributed by atoms with Gasteiger partial charge >= 0.3 is 6.09 Å². The Morgan fingerprint density at radius 2 is 1.65 bits per heavy atom. The van der Waals surface area contributed by atoms with Gasteiger partial charge in [0.1, 0.15) is 22.9 Å². The lowest BCUT2D eigenvalue weighted by atomic mass is 10.0. The van der Waals surface area contributed by atoms with Gasteiger partial charge in [0, 0.05) is 65.9 Å². The molecular weight excluding hydrogens is 550 g/mol. The number of nitrogens with zero attached hydrogens (tertiary/aromatic N) is 6. The number of carbonyl (C=O) groups excluding carboxylic acids is 1. The van der Waals surface area contributed by atoms with Gasteiger partial charge in [-0.2, -0.15) is 14.9 Å². The molecule has 3 aromatic heterocycles. The van der Waals surface area contributed by atoms with Gasteiger partial charge < -0.3 is 24.8 Å². The number of benzene rings is 1. The summed E-state index contributed by atoms with van der Waals surface area (Å²) in [6.07, 6.45) is 6.72. The second-order valence-electron chi connectivity index (χ2n) is 11.6. The fourth-order valence-corrected chi connectivity index (χ4v) is 5.00. The molecule has 12 heteroatoms. The predicted octanol–water partition coefficient (Wildman–Crippen LogP) is 4.64. The number of pyridine rings is 1. The molecule has 1 aliphatic heterocycles. The number of carbonyl (C=O) groups is 1. The Bertz CT molecular complexity index is 1680. The van der Waals surface area contributed by atoms with E-state index in [1.54, 1.807) is 62.7 Å². The summed E-state index contributed by atoms with van der Waals surface area (Å²) in [5.41, 5.74) is 9.26. The molecule has 0 spiro atoms. The summed E-state index contributed by atoms with van der Waals surface area (Å²) < 4.78 is 19.5. The maximum Gasteiger partial charge on any atom is 0.410 e. The summed E-state index contributed by atoms with van der Waals surface area (Å²) in [5.74, 6) is 1.34. The Balaban J connectivity index is 1.41. The highest BCUT2D eigenvalue weighted by atomic mass is 16.6. The van der Waals surface area contributed by atoms with Gasteiger partial charge in [-0.05, 0) is 52.7 Å². The van der Waals surface area contributed by atoms with E-state index in [0.717, 1.165) is 24.0 Å².